The lowest BCUT2D eigenvalue weighted by atomic mass is 10.0. The van der Waals surface area contributed by atoms with Gasteiger partial charge in [0.1, 0.15) is 0 Å². The van der Waals surface area contributed by atoms with Gasteiger partial charge in [-0.15, -0.1) is 0 Å². The van der Waals surface area contributed by atoms with E-state index in [-0.39, 0.29) is 0 Å². The van der Waals surface area contributed by atoms with Crippen molar-refractivity contribution in [2.75, 3.05) is 6.54 Å². The van der Waals surface area contributed by atoms with E-state index in [1.54, 1.807) is 0 Å². The van der Waals surface area contributed by atoms with E-state index in [0.717, 1.165) is 11.5 Å². The van der Waals surface area contributed by atoms with Gasteiger partial charge in [0.15, 0.2) is 0 Å². The Labute approximate surface area is 76.9 Å². The first-order chi connectivity index (χ1) is 5.85. The minimum absolute atomic E-state index is 0.805. The summed E-state index contributed by atoms with van der Waals surface area (Å²) in [6.45, 7) is 7.59. The maximum absolute atomic E-state index is 3.61. The van der Waals surface area contributed by atoms with Crippen LogP contribution in [0.4, 0.5) is 0 Å². The summed E-state index contributed by atoms with van der Waals surface area (Å²) in [4.78, 5) is 0. The van der Waals surface area contributed by atoms with E-state index in [1.807, 2.05) is 13.8 Å². The molecule has 1 unspecified atom stereocenters. The normalized spacial score (nSPS) is 29.8. The van der Waals surface area contributed by atoms with Crippen molar-refractivity contribution in [2.24, 2.45) is 5.41 Å². The zero-order chi connectivity index (χ0) is 9.03. The molecule has 1 saturated heterocycles. The smallest absolute Gasteiger partial charge is 0.00729 e. The number of hydrogen-bond donors (Lipinski definition) is 1. The molecule has 2 fully saturated rings. The fraction of sp³-hybridized carbons (Fsp3) is 1.00. The Morgan fingerprint density at radius 1 is 1.33 bits per heavy atom. The molecule has 0 aromatic heterocycles. The molecule has 2 rings (SSSR count). The van der Waals surface area contributed by atoms with Gasteiger partial charge in [0.2, 0.25) is 0 Å². The van der Waals surface area contributed by atoms with E-state index in [9.17, 15) is 0 Å². The van der Waals surface area contributed by atoms with Crippen LogP contribution in [0.3, 0.4) is 0 Å². The highest BCUT2D eigenvalue weighted by Crippen LogP contribution is 2.52. The van der Waals surface area contributed by atoms with Crippen molar-refractivity contribution in [3.8, 4) is 0 Å². The minimum Gasteiger partial charge on any atom is -0.313 e. The molecule has 1 heterocycles. The van der Waals surface area contributed by atoms with Crippen LogP contribution in [0.1, 0.15) is 52.9 Å². The highest BCUT2D eigenvalue weighted by Gasteiger charge is 2.47. The van der Waals surface area contributed by atoms with Crippen LogP contribution in [0, 0.1) is 5.41 Å². The van der Waals surface area contributed by atoms with Gasteiger partial charge in [-0.05, 0) is 31.1 Å². The number of nitrogens with one attached hydrogen (secondary N) is 1. The van der Waals surface area contributed by atoms with Gasteiger partial charge in [0.05, 0.1) is 0 Å². The molecule has 1 aliphatic carbocycles. The third-order valence-corrected chi connectivity index (χ3v) is 3.04. The summed E-state index contributed by atoms with van der Waals surface area (Å²) >= 11 is 0. The van der Waals surface area contributed by atoms with Gasteiger partial charge in [-0.25, -0.2) is 0 Å². The summed E-state index contributed by atoms with van der Waals surface area (Å²) < 4.78 is 0. The Morgan fingerprint density at radius 2 is 2.00 bits per heavy atom. The van der Waals surface area contributed by atoms with Crippen LogP contribution in [0.25, 0.3) is 0 Å². The molecular weight excluding hydrogens is 146 g/mol. The van der Waals surface area contributed by atoms with Crippen molar-refractivity contribution in [1.29, 1.82) is 0 Å². The van der Waals surface area contributed by atoms with Gasteiger partial charge in [-0.3, -0.25) is 0 Å². The molecule has 1 saturated carbocycles. The second-order valence-corrected chi connectivity index (χ2v) is 4.07. The molecule has 1 nitrogen and oxygen atoms in total. The second kappa shape index (κ2) is 4.27. The van der Waals surface area contributed by atoms with Gasteiger partial charge in [0, 0.05) is 12.6 Å². The lowest BCUT2D eigenvalue weighted by molar-refractivity contribution is 0.514. The molecule has 1 spiro atoms. The van der Waals surface area contributed by atoms with Gasteiger partial charge < -0.3 is 5.32 Å². The van der Waals surface area contributed by atoms with E-state index in [4.69, 9.17) is 0 Å². The van der Waals surface area contributed by atoms with E-state index in [2.05, 4.69) is 12.2 Å². The maximum atomic E-state index is 3.61. The molecule has 72 valence electrons. The fourth-order valence-corrected chi connectivity index (χ4v) is 2.14. The second-order valence-electron chi connectivity index (χ2n) is 4.07. The minimum atomic E-state index is 0.805. The zero-order valence-corrected chi connectivity index (χ0v) is 8.82. The van der Waals surface area contributed by atoms with Gasteiger partial charge in [0.25, 0.3) is 0 Å². The SMILES string of the molecule is CC.CCCC1CC2(CC2)CN1. The molecule has 1 N–H and O–H groups in total. The van der Waals surface area contributed by atoms with Crippen LogP contribution in [0.5, 0.6) is 0 Å². The monoisotopic (exact) mass is 169 g/mol. The van der Waals surface area contributed by atoms with E-state index in [0.29, 0.717) is 0 Å². The largest absolute Gasteiger partial charge is 0.313 e. The number of hydrogen-bond acceptors (Lipinski definition) is 1. The molecule has 1 aliphatic heterocycles. The van der Waals surface area contributed by atoms with Crippen molar-refractivity contribution in [2.45, 2.75) is 58.9 Å². The van der Waals surface area contributed by atoms with Crippen LogP contribution >= 0.6 is 0 Å². The van der Waals surface area contributed by atoms with Crippen LogP contribution in [-0.4, -0.2) is 12.6 Å². The van der Waals surface area contributed by atoms with Gasteiger partial charge >= 0.3 is 0 Å². The first-order valence-electron chi connectivity index (χ1n) is 5.58. The molecule has 0 aromatic rings. The predicted octanol–water partition coefficient (Wildman–Crippen LogP) is 2.95. The van der Waals surface area contributed by atoms with Crippen LogP contribution in [-0.2, 0) is 0 Å². The van der Waals surface area contributed by atoms with Gasteiger partial charge in [-0.2, -0.15) is 0 Å². The number of rotatable bonds is 2. The Kier molecular flexibility index (Phi) is 3.57. The molecule has 0 aromatic carbocycles. The van der Waals surface area contributed by atoms with Crippen molar-refractivity contribution in [3.63, 3.8) is 0 Å². The molecule has 1 atom stereocenters. The van der Waals surface area contributed by atoms with Gasteiger partial charge in [-0.1, -0.05) is 27.2 Å². The third-order valence-electron chi connectivity index (χ3n) is 3.04. The lowest BCUT2D eigenvalue weighted by Crippen LogP contribution is -2.20. The van der Waals surface area contributed by atoms with Crippen molar-refractivity contribution in [3.05, 3.63) is 0 Å². The quantitative estimate of drug-likeness (QED) is 0.670. The fourth-order valence-electron chi connectivity index (χ4n) is 2.14. The average Bonchev–Trinajstić information content (AvgIpc) is 2.73. The van der Waals surface area contributed by atoms with E-state index >= 15 is 0 Å². The zero-order valence-electron chi connectivity index (χ0n) is 8.82. The van der Waals surface area contributed by atoms with Crippen LogP contribution in [0.2, 0.25) is 0 Å². The van der Waals surface area contributed by atoms with E-state index < -0.39 is 0 Å². The summed E-state index contributed by atoms with van der Waals surface area (Å²) in [6, 6.07) is 0.868. The first kappa shape index (κ1) is 10.0. The third kappa shape index (κ3) is 2.22. The summed E-state index contributed by atoms with van der Waals surface area (Å²) in [5, 5.41) is 3.61. The predicted molar refractivity (Wildman–Crippen MR) is 54.3 cm³/mol. The lowest BCUT2D eigenvalue weighted by Gasteiger charge is -2.06. The highest BCUT2D eigenvalue weighted by molar-refractivity contribution is 5.02. The molecule has 0 radical (unpaired) electrons. The Bertz CT molecular complexity index is 127. The van der Waals surface area contributed by atoms with Crippen molar-refractivity contribution >= 4 is 0 Å². The molecule has 0 amide bonds. The Hall–Kier alpha value is -0.0400. The molecular formula is C11H23N. The van der Waals surface area contributed by atoms with Crippen molar-refractivity contribution in [1.82, 2.24) is 5.32 Å². The summed E-state index contributed by atoms with van der Waals surface area (Å²) in [6.07, 6.45) is 7.21. The topological polar surface area (TPSA) is 12.0 Å². The van der Waals surface area contributed by atoms with Crippen LogP contribution < -0.4 is 5.32 Å². The van der Waals surface area contributed by atoms with Crippen molar-refractivity contribution < 1.29 is 0 Å². The van der Waals surface area contributed by atoms with E-state index in [1.165, 1.54) is 38.6 Å². The molecule has 0 bridgehead atoms. The summed E-state index contributed by atoms with van der Waals surface area (Å²) in [5.74, 6) is 0. The average molecular weight is 169 g/mol. The standard InChI is InChI=1S/C9H17N.C2H6/c1-2-3-8-6-9(4-5-9)7-10-8;1-2/h8,10H,2-7H2,1H3;1-2H3. The highest BCUT2D eigenvalue weighted by atomic mass is 15.0. The Morgan fingerprint density at radius 3 is 2.42 bits per heavy atom. The molecule has 1 heteroatoms. The summed E-state index contributed by atoms with van der Waals surface area (Å²) in [5.41, 5.74) is 0.805. The first-order valence-corrected chi connectivity index (χ1v) is 5.58. The molecule has 12 heavy (non-hydrogen) atoms. The summed E-state index contributed by atoms with van der Waals surface area (Å²) in [7, 11) is 0. The molecule has 2 aliphatic rings. The van der Waals surface area contributed by atoms with Crippen LogP contribution in [0.15, 0.2) is 0 Å². The maximum Gasteiger partial charge on any atom is 0.00729 e. The Balaban J connectivity index is 0.000000336.